The molecule has 0 spiro atoms. The third kappa shape index (κ3) is 3.32. The van der Waals surface area contributed by atoms with Crippen molar-refractivity contribution in [2.24, 2.45) is 22.7 Å². The Kier molecular flexibility index (Phi) is 4.43. The van der Waals surface area contributed by atoms with Crippen LogP contribution in [0.15, 0.2) is 4.99 Å². The van der Waals surface area contributed by atoms with Gasteiger partial charge in [0.25, 0.3) is 0 Å². The van der Waals surface area contributed by atoms with E-state index in [4.69, 9.17) is 0 Å². The predicted octanol–water partition coefficient (Wildman–Crippen LogP) is 2.70. The van der Waals surface area contributed by atoms with E-state index in [0.717, 1.165) is 37.3 Å². The van der Waals surface area contributed by atoms with Crippen molar-refractivity contribution in [2.45, 2.75) is 40.5 Å². The molecule has 82 valence electrons. The highest BCUT2D eigenvalue weighted by atomic mass is 15.0. The fourth-order valence-electron chi connectivity index (χ4n) is 2.16. The molecule has 0 bridgehead atoms. The highest BCUT2D eigenvalue weighted by molar-refractivity contribution is 5.83. The first-order valence-electron chi connectivity index (χ1n) is 5.88. The molecule has 1 aliphatic heterocycles. The van der Waals surface area contributed by atoms with Crippen LogP contribution in [0.5, 0.6) is 0 Å². The summed E-state index contributed by atoms with van der Waals surface area (Å²) < 4.78 is 0. The van der Waals surface area contributed by atoms with Crippen LogP contribution in [0.3, 0.4) is 0 Å². The average Bonchev–Trinajstić information content (AvgIpc) is 2.55. The van der Waals surface area contributed by atoms with E-state index in [2.05, 4.69) is 38.0 Å². The first kappa shape index (κ1) is 11.5. The van der Waals surface area contributed by atoms with Crippen LogP contribution in [0.25, 0.3) is 0 Å². The number of aliphatic imine (C=N–C) groups is 1. The van der Waals surface area contributed by atoms with Gasteiger partial charge in [-0.3, -0.25) is 4.99 Å². The molecule has 0 aromatic carbocycles. The summed E-state index contributed by atoms with van der Waals surface area (Å²) in [6, 6.07) is 0. The van der Waals surface area contributed by atoms with Gasteiger partial charge >= 0.3 is 0 Å². The zero-order valence-corrected chi connectivity index (χ0v) is 10.0. The highest BCUT2D eigenvalue weighted by Gasteiger charge is 2.18. The van der Waals surface area contributed by atoms with E-state index in [-0.39, 0.29) is 0 Å². The lowest BCUT2D eigenvalue weighted by atomic mass is 9.85. The van der Waals surface area contributed by atoms with Gasteiger partial charge in [-0.1, -0.05) is 27.7 Å². The largest absolute Gasteiger partial charge is 0.374 e. The van der Waals surface area contributed by atoms with Crippen molar-refractivity contribution in [3.05, 3.63) is 0 Å². The maximum Gasteiger partial charge on any atom is 0.0963 e. The molecule has 0 saturated heterocycles. The first-order chi connectivity index (χ1) is 6.61. The minimum atomic E-state index is 0.754. The van der Waals surface area contributed by atoms with Crippen molar-refractivity contribution in [3.63, 3.8) is 0 Å². The molecule has 0 aromatic rings. The molecule has 0 atom stereocenters. The van der Waals surface area contributed by atoms with Gasteiger partial charge in [0.2, 0.25) is 0 Å². The molecule has 0 amide bonds. The maximum atomic E-state index is 4.43. The Morgan fingerprint density at radius 1 is 1.21 bits per heavy atom. The van der Waals surface area contributed by atoms with Gasteiger partial charge in [0, 0.05) is 19.5 Å². The summed E-state index contributed by atoms with van der Waals surface area (Å²) in [4.78, 5) is 4.43. The first-order valence-corrected chi connectivity index (χ1v) is 5.88. The van der Waals surface area contributed by atoms with Crippen LogP contribution in [0.2, 0.25) is 0 Å². The standard InChI is InChI=1S/C12H24N2/c1-9(2)11(10(3)4)8-14-12-6-5-7-13-12/h9-11H,5-8H2,1-4H3,(H,13,14). The Morgan fingerprint density at radius 2 is 1.86 bits per heavy atom. The molecule has 0 saturated carbocycles. The minimum Gasteiger partial charge on any atom is -0.374 e. The molecule has 2 heteroatoms. The van der Waals surface area contributed by atoms with Crippen LogP contribution in [0.4, 0.5) is 0 Å². The number of rotatable bonds is 4. The van der Waals surface area contributed by atoms with E-state index >= 15 is 0 Å². The van der Waals surface area contributed by atoms with Gasteiger partial charge < -0.3 is 5.32 Å². The molecule has 0 aliphatic carbocycles. The normalized spacial score (nSPS) is 16.9. The number of nitrogens with one attached hydrogen (secondary N) is 1. The van der Waals surface area contributed by atoms with Crippen LogP contribution in [0.1, 0.15) is 40.5 Å². The number of amidine groups is 1. The predicted molar refractivity (Wildman–Crippen MR) is 62.7 cm³/mol. The molecule has 0 radical (unpaired) electrons. The van der Waals surface area contributed by atoms with Crippen molar-refractivity contribution in [3.8, 4) is 0 Å². The van der Waals surface area contributed by atoms with Gasteiger partial charge in [-0.15, -0.1) is 0 Å². The van der Waals surface area contributed by atoms with E-state index in [9.17, 15) is 0 Å². The Morgan fingerprint density at radius 3 is 2.29 bits per heavy atom. The molecule has 14 heavy (non-hydrogen) atoms. The van der Waals surface area contributed by atoms with E-state index in [0.29, 0.717) is 0 Å². The van der Waals surface area contributed by atoms with E-state index < -0.39 is 0 Å². The Bertz CT molecular complexity index is 186. The van der Waals surface area contributed by atoms with Crippen molar-refractivity contribution in [1.29, 1.82) is 0 Å². The van der Waals surface area contributed by atoms with Gasteiger partial charge in [0.05, 0.1) is 5.84 Å². The summed E-state index contributed by atoms with van der Waals surface area (Å²) in [6.45, 7) is 11.3. The van der Waals surface area contributed by atoms with Crippen molar-refractivity contribution in [1.82, 2.24) is 5.32 Å². The monoisotopic (exact) mass is 196 g/mol. The van der Waals surface area contributed by atoms with Crippen molar-refractivity contribution < 1.29 is 0 Å². The van der Waals surface area contributed by atoms with Gasteiger partial charge in [-0.2, -0.15) is 0 Å². The lowest BCUT2D eigenvalue weighted by molar-refractivity contribution is 0.288. The Balaban J connectivity index is 2.32. The molecule has 0 unspecified atom stereocenters. The van der Waals surface area contributed by atoms with Crippen LogP contribution in [0, 0.1) is 17.8 Å². The fraction of sp³-hybridized carbons (Fsp3) is 0.917. The number of nitrogens with zero attached hydrogens (tertiary/aromatic N) is 1. The van der Waals surface area contributed by atoms with E-state index in [1.165, 1.54) is 12.3 Å². The molecule has 1 aliphatic rings. The molecular formula is C12H24N2. The van der Waals surface area contributed by atoms with Crippen LogP contribution in [-0.2, 0) is 0 Å². The molecule has 1 N–H and O–H groups in total. The van der Waals surface area contributed by atoms with Gasteiger partial charge in [-0.25, -0.2) is 0 Å². The summed E-state index contributed by atoms with van der Waals surface area (Å²) in [5, 5.41) is 3.49. The molecule has 0 fully saturated rings. The zero-order valence-electron chi connectivity index (χ0n) is 10.0. The van der Waals surface area contributed by atoms with Crippen LogP contribution in [-0.4, -0.2) is 18.9 Å². The van der Waals surface area contributed by atoms with Crippen molar-refractivity contribution in [2.75, 3.05) is 13.1 Å². The third-order valence-electron chi connectivity index (χ3n) is 3.13. The van der Waals surface area contributed by atoms with Crippen LogP contribution < -0.4 is 5.32 Å². The lowest BCUT2D eigenvalue weighted by Crippen LogP contribution is -2.33. The SMILES string of the molecule is CC(C)C(CNC1=NCCC1)C(C)C. The topological polar surface area (TPSA) is 24.4 Å². The van der Waals surface area contributed by atoms with E-state index in [1.54, 1.807) is 0 Å². The molecule has 1 rings (SSSR count). The smallest absolute Gasteiger partial charge is 0.0963 e. The average molecular weight is 196 g/mol. The Labute approximate surface area is 88.2 Å². The summed E-state index contributed by atoms with van der Waals surface area (Å²) in [5.74, 6) is 3.50. The molecule has 2 nitrogen and oxygen atoms in total. The summed E-state index contributed by atoms with van der Waals surface area (Å²) >= 11 is 0. The quantitative estimate of drug-likeness (QED) is 0.734. The molecule has 0 aromatic heterocycles. The fourth-order valence-corrected chi connectivity index (χ4v) is 2.16. The van der Waals surface area contributed by atoms with Gasteiger partial charge in [0.1, 0.15) is 0 Å². The summed E-state index contributed by atoms with van der Waals surface area (Å²) in [7, 11) is 0. The molecule has 1 heterocycles. The van der Waals surface area contributed by atoms with Crippen LogP contribution >= 0.6 is 0 Å². The number of hydrogen-bond donors (Lipinski definition) is 1. The summed E-state index contributed by atoms with van der Waals surface area (Å²) in [6.07, 6.45) is 2.39. The second-order valence-corrected chi connectivity index (χ2v) is 4.96. The Hall–Kier alpha value is -0.530. The van der Waals surface area contributed by atoms with Crippen molar-refractivity contribution >= 4 is 5.84 Å². The summed E-state index contributed by atoms with van der Waals surface area (Å²) in [5.41, 5.74) is 0. The van der Waals surface area contributed by atoms with E-state index in [1.807, 2.05) is 0 Å². The highest BCUT2D eigenvalue weighted by Crippen LogP contribution is 2.19. The third-order valence-corrected chi connectivity index (χ3v) is 3.13. The second-order valence-electron chi connectivity index (χ2n) is 4.96. The van der Waals surface area contributed by atoms with Gasteiger partial charge in [0.15, 0.2) is 0 Å². The maximum absolute atomic E-state index is 4.43. The minimum absolute atomic E-state index is 0.754. The lowest BCUT2D eigenvalue weighted by Gasteiger charge is -2.25. The molecular weight excluding hydrogens is 172 g/mol. The zero-order chi connectivity index (χ0) is 10.6. The number of hydrogen-bond acceptors (Lipinski definition) is 2. The van der Waals surface area contributed by atoms with Gasteiger partial charge in [-0.05, 0) is 24.2 Å². The second kappa shape index (κ2) is 5.38.